The summed E-state index contributed by atoms with van der Waals surface area (Å²) in [7, 11) is 2.11. The van der Waals surface area contributed by atoms with Crippen LogP contribution in [0.5, 0.6) is 0 Å². The molecule has 0 saturated carbocycles. The van der Waals surface area contributed by atoms with Crippen LogP contribution in [0.3, 0.4) is 0 Å². The third kappa shape index (κ3) is 1.41. The summed E-state index contributed by atoms with van der Waals surface area (Å²) >= 11 is 1.78. The van der Waals surface area contributed by atoms with Crippen LogP contribution in [-0.4, -0.2) is 12.8 Å². The van der Waals surface area contributed by atoms with Gasteiger partial charge in [0.1, 0.15) is 0 Å². The van der Waals surface area contributed by atoms with Crippen LogP contribution in [0.15, 0.2) is 36.5 Å². The molecule has 3 heteroatoms. The van der Waals surface area contributed by atoms with Crippen LogP contribution in [0.2, 0.25) is 0 Å². The molecule has 0 radical (unpaired) electrons. The number of nitrogens with zero attached hydrogens (tertiary/aromatic N) is 1. The predicted octanol–water partition coefficient (Wildman–Crippen LogP) is 1.07. The fourth-order valence-corrected chi connectivity index (χ4v) is 1.93. The lowest BCUT2D eigenvalue weighted by atomic mass is 10.1. The maximum atomic E-state index is 4.27. The van der Waals surface area contributed by atoms with Gasteiger partial charge < -0.3 is 0 Å². The molecule has 2 aromatic rings. The van der Waals surface area contributed by atoms with Crippen LogP contribution >= 0.6 is 11.3 Å². The van der Waals surface area contributed by atoms with Crippen molar-refractivity contribution in [3.8, 4) is 10.6 Å². The SMILES string of the molecule is Bc1ccc(-c2ccccn2)s1. The molecule has 0 amide bonds. The maximum absolute atomic E-state index is 4.27. The molecule has 58 valence electrons. The molecular formula is C9H8BNS. The summed E-state index contributed by atoms with van der Waals surface area (Å²) in [5, 5.41) is 0. The Morgan fingerprint density at radius 3 is 2.67 bits per heavy atom. The van der Waals surface area contributed by atoms with E-state index in [0.29, 0.717) is 0 Å². The van der Waals surface area contributed by atoms with Crippen LogP contribution in [0.4, 0.5) is 0 Å². The summed E-state index contributed by atoms with van der Waals surface area (Å²) in [5.41, 5.74) is 1.07. The molecule has 0 unspecified atom stereocenters. The number of aromatic nitrogens is 1. The minimum Gasteiger partial charge on any atom is -0.255 e. The molecule has 12 heavy (non-hydrogen) atoms. The van der Waals surface area contributed by atoms with Gasteiger partial charge in [0.05, 0.1) is 10.6 Å². The number of thiophene rings is 1. The van der Waals surface area contributed by atoms with E-state index in [1.165, 1.54) is 9.65 Å². The average molecular weight is 173 g/mol. The van der Waals surface area contributed by atoms with E-state index >= 15 is 0 Å². The lowest BCUT2D eigenvalue weighted by Crippen LogP contribution is -1.88. The number of pyridine rings is 1. The Kier molecular flexibility index (Phi) is 1.96. The van der Waals surface area contributed by atoms with Crippen LogP contribution in [0.25, 0.3) is 10.6 Å². The van der Waals surface area contributed by atoms with Crippen LogP contribution < -0.4 is 4.78 Å². The summed E-state index contributed by atoms with van der Waals surface area (Å²) < 4.78 is 1.33. The first kappa shape index (κ1) is 7.56. The normalized spacial score (nSPS) is 10.0. The molecule has 0 atom stereocenters. The quantitative estimate of drug-likeness (QED) is 0.587. The Bertz CT molecular complexity index is 369. The second-order valence-electron chi connectivity index (χ2n) is 2.63. The third-order valence-electron chi connectivity index (χ3n) is 1.66. The lowest BCUT2D eigenvalue weighted by Gasteiger charge is -1.92. The van der Waals surface area contributed by atoms with E-state index in [0.717, 1.165) is 5.69 Å². The van der Waals surface area contributed by atoms with Gasteiger partial charge in [0.15, 0.2) is 7.85 Å². The Morgan fingerprint density at radius 2 is 2.08 bits per heavy atom. The highest BCUT2D eigenvalue weighted by atomic mass is 32.1. The first-order valence-electron chi connectivity index (χ1n) is 3.84. The van der Waals surface area contributed by atoms with Crippen LogP contribution in [-0.2, 0) is 0 Å². The van der Waals surface area contributed by atoms with Crippen molar-refractivity contribution < 1.29 is 0 Å². The Labute approximate surface area is 76.5 Å². The van der Waals surface area contributed by atoms with Crippen molar-refractivity contribution >= 4 is 24.0 Å². The molecule has 0 fully saturated rings. The highest BCUT2D eigenvalue weighted by Gasteiger charge is 1.99. The molecule has 0 aliphatic heterocycles. The van der Waals surface area contributed by atoms with E-state index < -0.39 is 0 Å². The minimum atomic E-state index is 1.07. The van der Waals surface area contributed by atoms with Gasteiger partial charge in [-0.3, -0.25) is 4.98 Å². The molecule has 0 spiro atoms. The molecule has 1 nitrogen and oxygen atoms in total. The number of hydrogen-bond donors (Lipinski definition) is 0. The molecule has 0 N–H and O–H groups in total. The Hall–Kier alpha value is -1.09. The summed E-state index contributed by atoms with van der Waals surface area (Å²) in [6.45, 7) is 0. The Balaban J connectivity index is 2.45. The van der Waals surface area contributed by atoms with Gasteiger partial charge in [0, 0.05) is 6.20 Å². The van der Waals surface area contributed by atoms with Crippen molar-refractivity contribution in [2.24, 2.45) is 0 Å². The third-order valence-corrected chi connectivity index (χ3v) is 2.68. The highest BCUT2D eigenvalue weighted by molar-refractivity contribution is 7.23. The fraction of sp³-hybridized carbons (Fsp3) is 0. The summed E-state index contributed by atoms with van der Waals surface area (Å²) in [6, 6.07) is 10.2. The van der Waals surface area contributed by atoms with Crippen molar-refractivity contribution in [2.75, 3.05) is 0 Å². The van der Waals surface area contributed by atoms with Gasteiger partial charge >= 0.3 is 0 Å². The van der Waals surface area contributed by atoms with E-state index in [1.807, 2.05) is 24.4 Å². The van der Waals surface area contributed by atoms with Gasteiger partial charge in [-0.25, -0.2) is 0 Å². The van der Waals surface area contributed by atoms with E-state index in [-0.39, 0.29) is 0 Å². The topological polar surface area (TPSA) is 12.9 Å². The lowest BCUT2D eigenvalue weighted by molar-refractivity contribution is 1.34. The van der Waals surface area contributed by atoms with Crippen molar-refractivity contribution in [3.05, 3.63) is 36.5 Å². The molecule has 0 aliphatic carbocycles. The monoisotopic (exact) mass is 173 g/mol. The van der Waals surface area contributed by atoms with E-state index in [2.05, 4.69) is 25.0 Å². The molecule has 0 aliphatic rings. The van der Waals surface area contributed by atoms with Crippen LogP contribution in [0, 0.1) is 0 Å². The molecule has 2 rings (SSSR count). The summed E-state index contributed by atoms with van der Waals surface area (Å²) in [5.74, 6) is 0. The second-order valence-corrected chi connectivity index (χ2v) is 3.91. The Morgan fingerprint density at radius 1 is 1.17 bits per heavy atom. The fourth-order valence-electron chi connectivity index (χ4n) is 1.08. The smallest absolute Gasteiger partial charge is 0.152 e. The van der Waals surface area contributed by atoms with E-state index in [1.54, 1.807) is 11.3 Å². The van der Waals surface area contributed by atoms with Crippen molar-refractivity contribution in [3.63, 3.8) is 0 Å². The zero-order valence-electron chi connectivity index (χ0n) is 6.82. The zero-order valence-corrected chi connectivity index (χ0v) is 7.64. The van der Waals surface area contributed by atoms with Gasteiger partial charge in [-0.15, -0.1) is 11.3 Å². The first-order chi connectivity index (χ1) is 5.86. The predicted molar refractivity (Wildman–Crippen MR) is 55.7 cm³/mol. The number of rotatable bonds is 1. The van der Waals surface area contributed by atoms with E-state index in [4.69, 9.17) is 0 Å². The maximum Gasteiger partial charge on any atom is 0.152 e. The minimum absolute atomic E-state index is 1.07. The van der Waals surface area contributed by atoms with Gasteiger partial charge in [-0.2, -0.15) is 0 Å². The standard InChI is InChI=1S/C9H8BNS/c10-9-5-4-8(12-9)7-3-1-2-6-11-7/h1-6H,10H2. The van der Waals surface area contributed by atoms with Crippen LogP contribution in [0.1, 0.15) is 0 Å². The van der Waals surface area contributed by atoms with Gasteiger partial charge in [0.2, 0.25) is 0 Å². The van der Waals surface area contributed by atoms with Gasteiger partial charge in [0.25, 0.3) is 0 Å². The largest absolute Gasteiger partial charge is 0.255 e. The number of hydrogen-bond acceptors (Lipinski definition) is 2. The molecule has 0 aromatic carbocycles. The molecule has 0 saturated heterocycles. The van der Waals surface area contributed by atoms with Crippen molar-refractivity contribution in [1.82, 2.24) is 4.98 Å². The summed E-state index contributed by atoms with van der Waals surface area (Å²) in [6.07, 6.45) is 1.82. The van der Waals surface area contributed by atoms with Gasteiger partial charge in [-0.1, -0.05) is 12.1 Å². The van der Waals surface area contributed by atoms with E-state index in [9.17, 15) is 0 Å². The zero-order chi connectivity index (χ0) is 8.39. The second kappa shape index (κ2) is 3.11. The molecular weight excluding hydrogens is 165 g/mol. The molecule has 2 aromatic heterocycles. The van der Waals surface area contributed by atoms with Crippen molar-refractivity contribution in [2.45, 2.75) is 0 Å². The first-order valence-corrected chi connectivity index (χ1v) is 4.66. The molecule has 2 heterocycles. The van der Waals surface area contributed by atoms with Gasteiger partial charge in [-0.05, 0) is 23.0 Å². The van der Waals surface area contributed by atoms with Crippen molar-refractivity contribution in [1.29, 1.82) is 0 Å². The highest BCUT2D eigenvalue weighted by Crippen LogP contribution is 2.19. The molecule has 0 bridgehead atoms. The summed E-state index contributed by atoms with van der Waals surface area (Å²) in [4.78, 5) is 5.52. The average Bonchev–Trinajstić information content (AvgIpc) is 2.54.